The fourth-order valence-corrected chi connectivity index (χ4v) is 3.61. The van der Waals surface area contributed by atoms with Gasteiger partial charge in [-0.25, -0.2) is 8.42 Å². The molecule has 1 fully saturated rings. The Morgan fingerprint density at radius 3 is 2.67 bits per heavy atom. The summed E-state index contributed by atoms with van der Waals surface area (Å²) in [6.45, 7) is 0.715. The van der Waals surface area contributed by atoms with E-state index in [4.69, 9.17) is 10.5 Å². The minimum absolute atomic E-state index is 0.0749. The summed E-state index contributed by atoms with van der Waals surface area (Å²) in [4.78, 5) is 13.5. The summed E-state index contributed by atoms with van der Waals surface area (Å²) in [6, 6.07) is 4.29. The number of rotatable bonds is 3. The molecule has 1 aromatic carbocycles. The van der Waals surface area contributed by atoms with Gasteiger partial charge in [0, 0.05) is 26.2 Å². The van der Waals surface area contributed by atoms with Crippen molar-refractivity contribution >= 4 is 21.6 Å². The molecule has 1 amide bonds. The lowest BCUT2D eigenvalue weighted by Crippen LogP contribution is -2.38. The molecule has 116 valence electrons. The summed E-state index contributed by atoms with van der Waals surface area (Å²) in [6.07, 6.45) is 0.605. The van der Waals surface area contributed by atoms with Gasteiger partial charge in [0.15, 0.2) is 0 Å². The maximum atomic E-state index is 12.6. The van der Waals surface area contributed by atoms with Gasteiger partial charge in [-0.05, 0) is 18.6 Å². The topological polar surface area (TPSA) is 92.9 Å². The lowest BCUT2D eigenvalue weighted by Gasteiger charge is -2.20. The molecule has 0 aromatic heterocycles. The van der Waals surface area contributed by atoms with Gasteiger partial charge in [0.25, 0.3) is 0 Å². The van der Waals surface area contributed by atoms with Gasteiger partial charge in [0.05, 0.1) is 24.2 Å². The zero-order valence-electron chi connectivity index (χ0n) is 12.1. The van der Waals surface area contributed by atoms with Crippen molar-refractivity contribution in [2.75, 3.05) is 39.5 Å². The van der Waals surface area contributed by atoms with E-state index in [9.17, 15) is 13.2 Å². The number of nitrogen functional groups attached to an aromatic ring is 1. The van der Waals surface area contributed by atoms with Crippen LogP contribution in [0.5, 0.6) is 5.75 Å². The number of methoxy groups -OCH3 is 1. The van der Waals surface area contributed by atoms with E-state index >= 15 is 0 Å². The van der Waals surface area contributed by atoms with Gasteiger partial charge in [-0.1, -0.05) is 0 Å². The molecule has 1 aliphatic rings. The number of likely N-dealkylation sites (N-methyl/N-ethyl adjacent to an activating group) is 1. The van der Waals surface area contributed by atoms with Crippen molar-refractivity contribution in [2.45, 2.75) is 11.3 Å². The van der Waals surface area contributed by atoms with Crippen LogP contribution in [0.15, 0.2) is 23.1 Å². The summed E-state index contributed by atoms with van der Waals surface area (Å²) in [5.74, 6) is 0.0906. The first-order valence-electron chi connectivity index (χ1n) is 6.54. The number of sulfonamides is 1. The molecule has 0 radical (unpaired) electrons. The normalized spacial score (nSPS) is 17.6. The van der Waals surface area contributed by atoms with Crippen LogP contribution < -0.4 is 10.5 Å². The molecule has 8 heteroatoms. The average Bonchev–Trinajstić information content (AvgIpc) is 2.62. The monoisotopic (exact) mass is 313 g/mol. The second kappa shape index (κ2) is 5.90. The molecule has 0 spiro atoms. The number of benzene rings is 1. The average molecular weight is 313 g/mol. The Hall–Kier alpha value is -1.80. The molecule has 0 unspecified atom stereocenters. The van der Waals surface area contributed by atoms with Crippen molar-refractivity contribution in [3.63, 3.8) is 0 Å². The summed E-state index contributed by atoms with van der Waals surface area (Å²) in [5.41, 5.74) is 6.06. The summed E-state index contributed by atoms with van der Waals surface area (Å²) in [5, 5.41) is 0. The quantitative estimate of drug-likeness (QED) is 0.801. The number of nitrogens with zero attached hydrogens (tertiary/aromatic N) is 2. The standard InChI is InChI=1S/C13H19N3O4S/c1-15-6-3-7-16(9-13(15)17)21(18,19)10-4-5-11(14)12(8-10)20-2/h4-5,8H,3,6-7,9,14H2,1-2H3. The van der Waals surface area contributed by atoms with Gasteiger partial charge in [-0.3, -0.25) is 4.79 Å². The molecule has 7 nitrogen and oxygen atoms in total. The lowest BCUT2D eigenvalue weighted by atomic mass is 10.3. The van der Waals surface area contributed by atoms with E-state index in [1.807, 2.05) is 0 Å². The van der Waals surface area contributed by atoms with Crippen molar-refractivity contribution in [3.05, 3.63) is 18.2 Å². The summed E-state index contributed by atoms with van der Waals surface area (Å²) >= 11 is 0. The highest BCUT2D eigenvalue weighted by Crippen LogP contribution is 2.27. The Labute approximate surface area is 124 Å². The van der Waals surface area contributed by atoms with Gasteiger partial charge in [0.1, 0.15) is 5.75 Å². The number of carbonyl (C=O) groups is 1. The van der Waals surface area contributed by atoms with Crippen LogP contribution in [-0.4, -0.2) is 57.3 Å². The van der Waals surface area contributed by atoms with Gasteiger partial charge >= 0.3 is 0 Å². The first-order chi connectivity index (χ1) is 9.86. The molecule has 1 aliphatic heterocycles. The van der Waals surface area contributed by atoms with Crippen molar-refractivity contribution < 1.29 is 17.9 Å². The fourth-order valence-electron chi connectivity index (χ4n) is 2.17. The van der Waals surface area contributed by atoms with Crippen molar-refractivity contribution in [3.8, 4) is 5.75 Å². The molecule has 2 N–H and O–H groups in total. The Bertz CT molecular complexity index is 645. The maximum absolute atomic E-state index is 12.6. The molecule has 1 aromatic rings. The lowest BCUT2D eigenvalue weighted by molar-refractivity contribution is -0.129. The Balaban J connectivity index is 2.35. The fraction of sp³-hybridized carbons (Fsp3) is 0.462. The summed E-state index contributed by atoms with van der Waals surface area (Å²) < 4.78 is 31.5. The second-order valence-corrected chi connectivity index (χ2v) is 6.85. The molecule has 1 saturated heterocycles. The van der Waals surface area contributed by atoms with Crippen LogP contribution in [0.1, 0.15) is 6.42 Å². The number of carbonyl (C=O) groups excluding carboxylic acids is 1. The number of hydrogen-bond donors (Lipinski definition) is 1. The number of ether oxygens (including phenoxy) is 1. The molecule has 0 saturated carbocycles. The molecule has 0 atom stereocenters. The SMILES string of the molecule is COc1cc(S(=O)(=O)N2CCCN(C)C(=O)C2)ccc1N. The van der Waals surface area contributed by atoms with E-state index in [0.717, 1.165) is 0 Å². The third kappa shape index (κ3) is 3.11. The van der Waals surface area contributed by atoms with Gasteiger partial charge in [0.2, 0.25) is 15.9 Å². The highest BCUT2D eigenvalue weighted by atomic mass is 32.2. The van der Waals surface area contributed by atoms with Gasteiger partial charge in [-0.2, -0.15) is 4.31 Å². The van der Waals surface area contributed by atoms with E-state index in [-0.39, 0.29) is 17.3 Å². The highest BCUT2D eigenvalue weighted by molar-refractivity contribution is 7.89. The van der Waals surface area contributed by atoms with E-state index in [1.54, 1.807) is 11.9 Å². The van der Waals surface area contributed by atoms with Crippen LogP contribution in [0, 0.1) is 0 Å². The zero-order chi connectivity index (χ0) is 15.6. The van der Waals surface area contributed by atoms with Crippen LogP contribution >= 0.6 is 0 Å². The largest absolute Gasteiger partial charge is 0.495 e. The van der Waals surface area contributed by atoms with Crippen LogP contribution in [0.2, 0.25) is 0 Å². The summed E-state index contributed by atoms with van der Waals surface area (Å²) in [7, 11) is -0.646. The Morgan fingerprint density at radius 2 is 2.00 bits per heavy atom. The Kier molecular flexibility index (Phi) is 4.38. The maximum Gasteiger partial charge on any atom is 0.243 e. The molecule has 1 heterocycles. The molecule has 21 heavy (non-hydrogen) atoms. The minimum Gasteiger partial charge on any atom is -0.495 e. The molecule has 0 aliphatic carbocycles. The first kappa shape index (κ1) is 15.6. The number of nitrogens with two attached hydrogens (primary N) is 1. The van der Waals surface area contributed by atoms with Crippen LogP contribution in [0.25, 0.3) is 0 Å². The van der Waals surface area contributed by atoms with E-state index in [0.29, 0.717) is 30.9 Å². The molecule has 2 rings (SSSR count). The molecular formula is C13H19N3O4S. The Morgan fingerprint density at radius 1 is 1.29 bits per heavy atom. The van der Waals surface area contributed by atoms with Crippen molar-refractivity contribution in [1.82, 2.24) is 9.21 Å². The molecule has 0 bridgehead atoms. The third-order valence-corrected chi connectivity index (χ3v) is 5.32. The van der Waals surface area contributed by atoms with E-state index in [1.165, 1.54) is 29.6 Å². The van der Waals surface area contributed by atoms with Gasteiger partial charge < -0.3 is 15.4 Å². The van der Waals surface area contributed by atoms with E-state index < -0.39 is 10.0 Å². The smallest absolute Gasteiger partial charge is 0.243 e. The molecular weight excluding hydrogens is 294 g/mol. The van der Waals surface area contributed by atoms with Crippen molar-refractivity contribution in [2.24, 2.45) is 0 Å². The first-order valence-corrected chi connectivity index (χ1v) is 7.98. The van der Waals surface area contributed by atoms with Crippen LogP contribution in [0.3, 0.4) is 0 Å². The van der Waals surface area contributed by atoms with Gasteiger partial charge in [-0.15, -0.1) is 0 Å². The number of amides is 1. The minimum atomic E-state index is -3.74. The third-order valence-electron chi connectivity index (χ3n) is 3.48. The van der Waals surface area contributed by atoms with Crippen LogP contribution in [0.4, 0.5) is 5.69 Å². The van der Waals surface area contributed by atoms with E-state index in [2.05, 4.69) is 0 Å². The predicted octanol–water partition coefficient (Wildman–Crippen LogP) is 0.130. The van der Waals surface area contributed by atoms with Crippen LogP contribution in [-0.2, 0) is 14.8 Å². The number of anilines is 1. The second-order valence-electron chi connectivity index (χ2n) is 4.91. The predicted molar refractivity (Wildman–Crippen MR) is 78.4 cm³/mol. The highest BCUT2D eigenvalue weighted by Gasteiger charge is 2.30. The van der Waals surface area contributed by atoms with Crippen molar-refractivity contribution in [1.29, 1.82) is 0 Å². The number of hydrogen-bond acceptors (Lipinski definition) is 5. The zero-order valence-corrected chi connectivity index (χ0v) is 12.9.